The van der Waals surface area contributed by atoms with Gasteiger partial charge in [0.25, 0.3) is 0 Å². The van der Waals surface area contributed by atoms with E-state index < -0.39 is 0 Å². The highest BCUT2D eigenvalue weighted by Gasteiger charge is 2.14. The maximum atomic E-state index is 5.42. The molecule has 110 valence electrons. The Hall–Kier alpha value is -2.00. The molecule has 1 aliphatic heterocycles. The third kappa shape index (κ3) is 3.76. The van der Waals surface area contributed by atoms with Crippen molar-refractivity contribution in [2.75, 3.05) is 13.3 Å². The average Bonchev–Trinajstić information content (AvgIpc) is 2.96. The van der Waals surface area contributed by atoms with Crippen molar-refractivity contribution in [2.45, 2.75) is 25.8 Å². The molecule has 2 aromatic rings. The molecule has 0 amide bonds. The van der Waals surface area contributed by atoms with E-state index in [4.69, 9.17) is 9.47 Å². The molecule has 1 aliphatic rings. The molecule has 0 saturated carbocycles. The fourth-order valence-corrected chi connectivity index (χ4v) is 2.60. The van der Waals surface area contributed by atoms with Crippen LogP contribution in [0, 0.1) is 0 Å². The fraction of sp³-hybridized carbons (Fsp3) is 0.333. The second-order valence-corrected chi connectivity index (χ2v) is 5.48. The van der Waals surface area contributed by atoms with E-state index in [0.717, 1.165) is 30.9 Å². The first-order valence-corrected chi connectivity index (χ1v) is 7.47. The number of hydrogen-bond donors (Lipinski definition) is 1. The second kappa shape index (κ2) is 6.64. The fourth-order valence-electron chi connectivity index (χ4n) is 2.60. The zero-order chi connectivity index (χ0) is 14.5. The predicted molar refractivity (Wildman–Crippen MR) is 83.9 cm³/mol. The van der Waals surface area contributed by atoms with Gasteiger partial charge in [0.1, 0.15) is 0 Å². The summed E-state index contributed by atoms with van der Waals surface area (Å²) in [5, 5.41) is 3.58. The maximum absolute atomic E-state index is 5.42. The molecule has 0 radical (unpaired) electrons. The van der Waals surface area contributed by atoms with Gasteiger partial charge in [0.05, 0.1) is 0 Å². The van der Waals surface area contributed by atoms with Crippen LogP contribution in [-0.2, 0) is 12.8 Å². The van der Waals surface area contributed by atoms with Crippen LogP contribution in [0.4, 0.5) is 0 Å². The summed E-state index contributed by atoms with van der Waals surface area (Å²) in [6.45, 7) is 3.55. The largest absolute Gasteiger partial charge is 0.454 e. The highest BCUT2D eigenvalue weighted by molar-refractivity contribution is 5.44. The van der Waals surface area contributed by atoms with Crippen LogP contribution in [-0.4, -0.2) is 19.4 Å². The first kappa shape index (κ1) is 14.0. The molecule has 0 aliphatic carbocycles. The molecule has 2 aromatic carbocycles. The van der Waals surface area contributed by atoms with Crippen LogP contribution < -0.4 is 14.8 Å². The number of fused-ring (bicyclic) bond motifs is 1. The molecule has 0 saturated heterocycles. The summed E-state index contributed by atoms with van der Waals surface area (Å²) >= 11 is 0. The Labute approximate surface area is 125 Å². The van der Waals surface area contributed by atoms with E-state index in [1.807, 2.05) is 6.07 Å². The Morgan fingerprint density at radius 3 is 2.67 bits per heavy atom. The van der Waals surface area contributed by atoms with Crippen molar-refractivity contribution in [3.63, 3.8) is 0 Å². The molecule has 1 unspecified atom stereocenters. The van der Waals surface area contributed by atoms with Crippen molar-refractivity contribution in [1.29, 1.82) is 0 Å². The number of nitrogens with one attached hydrogen (secondary N) is 1. The van der Waals surface area contributed by atoms with Gasteiger partial charge < -0.3 is 14.8 Å². The van der Waals surface area contributed by atoms with Crippen molar-refractivity contribution in [3.8, 4) is 11.5 Å². The minimum Gasteiger partial charge on any atom is -0.454 e. The zero-order valence-corrected chi connectivity index (χ0v) is 12.3. The van der Waals surface area contributed by atoms with Gasteiger partial charge in [0.15, 0.2) is 11.5 Å². The van der Waals surface area contributed by atoms with Crippen LogP contribution in [0.2, 0.25) is 0 Å². The van der Waals surface area contributed by atoms with Gasteiger partial charge >= 0.3 is 0 Å². The van der Waals surface area contributed by atoms with E-state index in [1.165, 1.54) is 11.1 Å². The highest BCUT2D eigenvalue weighted by atomic mass is 16.7. The van der Waals surface area contributed by atoms with Gasteiger partial charge in [-0.3, -0.25) is 0 Å². The zero-order valence-electron chi connectivity index (χ0n) is 12.3. The van der Waals surface area contributed by atoms with E-state index in [0.29, 0.717) is 12.8 Å². The first-order chi connectivity index (χ1) is 10.3. The van der Waals surface area contributed by atoms with Crippen molar-refractivity contribution < 1.29 is 9.47 Å². The molecule has 0 aromatic heterocycles. The molecule has 3 nitrogen and oxygen atoms in total. The van der Waals surface area contributed by atoms with Crippen LogP contribution in [0.3, 0.4) is 0 Å². The second-order valence-electron chi connectivity index (χ2n) is 5.48. The number of ether oxygens (including phenoxy) is 2. The third-order valence-corrected chi connectivity index (χ3v) is 3.73. The lowest BCUT2D eigenvalue weighted by molar-refractivity contribution is 0.174. The summed E-state index contributed by atoms with van der Waals surface area (Å²) in [6, 6.07) is 17.2. The van der Waals surface area contributed by atoms with Crippen LogP contribution in [0.5, 0.6) is 11.5 Å². The summed E-state index contributed by atoms with van der Waals surface area (Å²) in [6.07, 6.45) is 2.05. The first-order valence-electron chi connectivity index (χ1n) is 7.47. The quantitative estimate of drug-likeness (QED) is 0.883. The van der Waals surface area contributed by atoms with Gasteiger partial charge in [-0.25, -0.2) is 0 Å². The lowest BCUT2D eigenvalue weighted by Gasteiger charge is -2.14. The SMILES string of the molecule is CC(Cc1ccc2c(c1)OCO2)NCCc1ccccc1. The summed E-state index contributed by atoms with van der Waals surface area (Å²) in [4.78, 5) is 0. The summed E-state index contributed by atoms with van der Waals surface area (Å²) in [5.74, 6) is 1.72. The Morgan fingerprint density at radius 1 is 1.00 bits per heavy atom. The number of benzene rings is 2. The van der Waals surface area contributed by atoms with Crippen molar-refractivity contribution in [2.24, 2.45) is 0 Å². The average molecular weight is 283 g/mol. The Morgan fingerprint density at radius 2 is 1.81 bits per heavy atom. The lowest BCUT2D eigenvalue weighted by Crippen LogP contribution is -2.29. The van der Waals surface area contributed by atoms with E-state index in [9.17, 15) is 0 Å². The van der Waals surface area contributed by atoms with Crippen molar-refractivity contribution in [1.82, 2.24) is 5.32 Å². The third-order valence-electron chi connectivity index (χ3n) is 3.73. The number of rotatable bonds is 6. The van der Waals surface area contributed by atoms with Gasteiger partial charge in [0.2, 0.25) is 6.79 Å². The summed E-state index contributed by atoms with van der Waals surface area (Å²) in [7, 11) is 0. The van der Waals surface area contributed by atoms with E-state index >= 15 is 0 Å². The molecule has 0 fully saturated rings. The smallest absolute Gasteiger partial charge is 0.231 e. The maximum Gasteiger partial charge on any atom is 0.231 e. The van der Waals surface area contributed by atoms with Crippen LogP contribution in [0.15, 0.2) is 48.5 Å². The highest BCUT2D eigenvalue weighted by Crippen LogP contribution is 2.32. The molecule has 0 bridgehead atoms. The van der Waals surface area contributed by atoms with Crippen LogP contribution >= 0.6 is 0 Å². The normalized spacial score (nSPS) is 14.1. The minimum absolute atomic E-state index is 0.337. The predicted octanol–water partition coefficient (Wildman–Crippen LogP) is 3.18. The topological polar surface area (TPSA) is 30.5 Å². The van der Waals surface area contributed by atoms with E-state index in [1.54, 1.807) is 0 Å². The molecule has 1 N–H and O–H groups in total. The van der Waals surface area contributed by atoms with E-state index in [-0.39, 0.29) is 0 Å². The molecular weight excluding hydrogens is 262 g/mol. The Kier molecular flexibility index (Phi) is 4.41. The van der Waals surface area contributed by atoms with Crippen LogP contribution in [0.25, 0.3) is 0 Å². The van der Waals surface area contributed by atoms with Crippen molar-refractivity contribution >= 4 is 0 Å². The summed E-state index contributed by atoms with van der Waals surface area (Å²) < 4.78 is 10.8. The standard InChI is InChI=1S/C18H21NO2/c1-14(19-10-9-15-5-3-2-4-6-15)11-16-7-8-17-18(12-16)21-13-20-17/h2-8,12,14,19H,9-11,13H2,1H3. The van der Waals surface area contributed by atoms with Gasteiger partial charge in [-0.15, -0.1) is 0 Å². The molecule has 3 heteroatoms. The Balaban J connectivity index is 1.47. The molecule has 1 atom stereocenters. The van der Waals surface area contributed by atoms with Gasteiger partial charge in [0, 0.05) is 6.04 Å². The molecule has 21 heavy (non-hydrogen) atoms. The lowest BCUT2D eigenvalue weighted by atomic mass is 10.1. The monoisotopic (exact) mass is 283 g/mol. The van der Waals surface area contributed by atoms with Gasteiger partial charge in [-0.05, 0) is 49.6 Å². The van der Waals surface area contributed by atoms with Gasteiger partial charge in [-0.2, -0.15) is 0 Å². The van der Waals surface area contributed by atoms with Crippen molar-refractivity contribution in [3.05, 3.63) is 59.7 Å². The molecule has 0 spiro atoms. The van der Waals surface area contributed by atoms with Gasteiger partial charge in [-0.1, -0.05) is 36.4 Å². The summed E-state index contributed by atoms with van der Waals surface area (Å²) in [5.41, 5.74) is 2.65. The molecule has 3 rings (SSSR count). The molecular formula is C18H21NO2. The van der Waals surface area contributed by atoms with Crippen LogP contribution in [0.1, 0.15) is 18.1 Å². The minimum atomic E-state index is 0.337. The number of hydrogen-bond acceptors (Lipinski definition) is 3. The van der Waals surface area contributed by atoms with E-state index in [2.05, 4.69) is 54.7 Å². The Bertz CT molecular complexity index is 583. The molecule has 1 heterocycles.